The van der Waals surface area contributed by atoms with Gasteiger partial charge >= 0.3 is 6.18 Å². The van der Waals surface area contributed by atoms with Gasteiger partial charge in [-0.3, -0.25) is 4.90 Å². The zero-order valence-corrected chi connectivity index (χ0v) is 6.12. The molecule has 0 atom stereocenters. The van der Waals surface area contributed by atoms with E-state index in [0.29, 0.717) is 26.2 Å². The Kier molecular flexibility index (Phi) is 4.55. The van der Waals surface area contributed by atoms with Crippen LogP contribution < -0.4 is 5.32 Å². The van der Waals surface area contributed by atoms with E-state index in [9.17, 15) is 13.2 Å². The summed E-state index contributed by atoms with van der Waals surface area (Å²) in [4.78, 5) is 1.41. The van der Waals surface area contributed by atoms with Crippen molar-refractivity contribution in [2.24, 2.45) is 0 Å². The second-order valence-electron chi connectivity index (χ2n) is 2.64. The smallest absolute Gasteiger partial charge is 0.314 e. The van der Waals surface area contributed by atoms with Gasteiger partial charge in [-0.25, -0.2) is 0 Å². The van der Waals surface area contributed by atoms with Crippen LogP contribution in [0, 0.1) is 0 Å². The minimum Gasteiger partial charge on any atom is -0.314 e. The molecule has 1 fully saturated rings. The molecule has 1 aliphatic rings. The Bertz CT molecular complexity index is 118. The number of alkyl halides is 3. The van der Waals surface area contributed by atoms with Crippen LogP contribution in [-0.2, 0) is 0 Å². The van der Waals surface area contributed by atoms with E-state index < -0.39 is 12.7 Å². The molecule has 74 valence electrons. The third kappa shape index (κ3) is 4.56. The van der Waals surface area contributed by atoms with Crippen LogP contribution in [0.25, 0.3) is 0 Å². The highest BCUT2D eigenvalue weighted by Gasteiger charge is 2.30. The van der Waals surface area contributed by atoms with Gasteiger partial charge in [0.05, 0.1) is 6.54 Å². The van der Waals surface area contributed by atoms with Crippen molar-refractivity contribution in [3.63, 3.8) is 0 Å². The van der Waals surface area contributed by atoms with Gasteiger partial charge in [0.15, 0.2) is 0 Å². The molecule has 0 aliphatic carbocycles. The predicted octanol–water partition coefficient (Wildman–Crippen LogP) is 1.09. The average Bonchev–Trinajstić information content (AvgIpc) is 1.85. The van der Waals surface area contributed by atoms with E-state index in [1.54, 1.807) is 0 Å². The minimum atomic E-state index is -4.04. The summed E-state index contributed by atoms with van der Waals surface area (Å²) in [5.41, 5.74) is 0. The summed E-state index contributed by atoms with van der Waals surface area (Å²) >= 11 is 0. The third-order valence-electron chi connectivity index (χ3n) is 1.61. The number of halogens is 3. The number of nitrogens with one attached hydrogen (secondary N) is 1. The first-order valence-corrected chi connectivity index (χ1v) is 3.58. The van der Waals surface area contributed by atoms with Crippen molar-refractivity contribution in [3.8, 4) is 0 Å². The molecule has 0 aromatic heterocycles. The average molecular weight is 184 g/mol. The van der Waals surface area contributed by atoms with E-state index in [2.05, 4.69) is 5.32 Å². The Morgan fingerprint density at radius 2 is 1.67 bits per heavy atom. The standard InChI is InChI=1S/C6H11F3N2.CH4/c7-6(8,9)5-11-3-1-10-2-4-11;/h10H,1-5H2;1H4. The second kappa shape index (κ2) is 4.67. The lowest BCUT2D eigenvalue weighted by molar-refractivity contribution is -0.146. The van der Waals surface area contributed by atoms with Crippen LogP contribution in [-0.4, -0.2) is 43.8 Å². The highest BCUT2D eigenvalue weighted by molar-refractivity contribution is 4.69. The van der Waals surface area contributed by atoms with Gasteiger partial charge in [-0.15, -0.1) is 0 Å². The SMILES string of the molecule is C.FC(F)(F)CN1CCNCC1. The van der Waals surface area contributed by atoms with Gasteiger partial charge in [0.1, 0.15) is 0 Å². The normalized spacial score (nSPS) is 20.2. The molecule has 2 nitrogen and oxygen atoms in total. The van der Waals surface area contributed by atoms with E-state index >= 15 is 0 Å². The van der Waals surface area contributed by atoms with Gasteiger partial charge in [-0.05, 0) is 0 Å². The molecule has 0 unspecified atom stereocenters. The van der Waals surface area contributed by atoms with E-state index in [-0.39, 0.29) is 7.43 Å². The van der Waals surface area contributed by atoms with Gasteiger partial charge < -0.3 is 5.32 Å². The van der Waals surface area contributed by atoms with Crippen molar-refractivity contribution in [1.29, 1.82) is 0 Å². The van der Waals surface area contributed by atoms with Crippen LogP contribution in [0.2, 0.25) is 0 Å². The van der Waals surface area contributed by atoms with Crippen LogP contribution in [0.3, 0.4) is 0 Å². The fourth-order valence-electron chi connectivity index (χ4n) is 1.12. The summed E-state index contributed by atoms with van der Waals surface area (Å²) in [6, 6.07) is 0. The van der Waals surface area contributed by atoms with Gasteiger partial charge in [0, 0.05) is 26.2 Å². The number of hydrogen-bond acceptors (Lipinski definition) is 2. The largest absolute Gasteiger partial charge is 0.401 e. The highest BCUT2D eigenvalue weighted by atomic mass is 19.4. The summed E-state index contributed by atoms with van der Waals surface area (Å²) in [5.74, 6) is 0. The zero-order valence-electron chi connectivity index (χ0n) is 6.12. The molecule has 5 heteroatoms. The maximum absolute atomic E-state index is 11.8. The first-order valence-electron chi connectivity index (χ1n) is 3.58. The fraction of sp³-hybridized carbons (Fsp3) is 1.00. The van der Waals surface area contributed by atoms with Crippen molar-refractivity contribution in [3.05, 3.63) is 0 Å². The molecule has 0 saturated carbocycles. The lowest BCUT2D eigenvalue weighted by Crippen LogP contribution is -2.47. The van der Waals surface area contributed by atoms with E-state index in [1.165, 1.54) is 4.90 Å². The molecule has 1 heterocycles. The van der Waals surface area contributed by atoms with Crippen LogP contribution in [0.5, 0.6) is 0 Å². The zero-order chi connectivity index (χ0) is 8.32. The topological polar surface area (TPSA) is 15.3 Å². The summed E-state index contributed by atoms with van der Waals surface area (Å²) in [6.45, 7) is 1.56. The number of hydrogen-bond donors (Lipinski definition) is 1. The van der Waals surface area contributed by atoms with Crippen molar-refractivity contribution in [1.82, 2.24) is 10.2 Å². The Hall–Kier alpha value is -0.290. The Labute approximate surface area is 70.7 Å². The predicted molar refractivity (Wildman–Crippen MR) is 42.1 cm³/mol. The van der Waals surface area contributed by atoms with Crippen molar-refractivity contribution >= 4 is 0 Å². The Morgan fingerprint density at radius 3 is 2.08 bits per heavy atom. The van der Waals surface area contributed by atoms with Crippen LogP contribution >= 0.6 is 0 Å². The van der Waals surface area contributed by atoms with Gasteiger partial charge in [0.25, 0.3) is 0 Å². The number of piperazine rings is 1. The maximum Gasteiger partial charge on any atom is 0.401 e. The van der Waals surface area contributed by atoms with Crippen LogP contribution in [0.15, 0.2) is 0 Å². The number of nitrogens with zero attached hydrogens (tertiary/aromatic N) is 1. The van der Waals surface area contributed by atoms with Crippen molar-refractivity contribution in [2.75, 3.05) is 32.7 Å². The van der Waals surface area contributed by atoms with Crippen molar-refractivity contribution < 1.29 is 13.2 Å². The molecule has 1 rings (SSSR count). The summed E-state index contributed by atoms with van der Waals surface area (Å²) < 4.78 is 35.3. The van der Waals surface area contributed by atoms with E-state index in [1.807, 2.05) is 0 Å². The summed E-state index contributed by atoms with van der Waals surface area (Å²) in [7, 11) is 0. The van der Waals surface area contributed by atoms with Crippen molar-refractivity contribution in [2.45, 2.75) is 13.6 Å². The molecule has 1 N–H and O–H groups in total. The highest BCUT2D eigenvalue weighted by Crippen LogP contribution is 2.16. The Balaban J connectivity index is 0.00000121. The van der Waals surface area contributed by atoms with Crippen LogP contribution in [0.1, 0.15) is 7.43 Å². The molecule has 12 heavy (non-hydrogen) atoms. The molecular formula is C7H15F3N2. The second-order valence-corrected chi connectivity index (χ2v) is 2.64. The molecule has 1 aliphatic heterocycles. The minimum absolute atomic E-state index is 0. The molecule has 0 spiro atoms. The van der Waals surface area contributed by atoms with Gasteiger partial charge in [0.2, 0.25) is 0 Å². The Morgan fingerprint density at radius 1 is 1.17 bits per heavy atom. The molecule has 0 aromatic carbocycles. The fourth-order valence-corrected chi connectivity index (χ4v) is 1.12. The number of rotatable bonds is 1. The maximum atomic E-state index is 11.8. The van der Waals surface area contributed by atoms with Crippen LogP contribution in [0.4, 0.5) is 13.2 Å². The molecule has 0 radical (unpaired) electrons. The lowest BCUT2D eigenvalue weighted by Gasteiger charge is -2.27. The molecule has 0 bridgehead atoms. The monoisotopic (exact) mass is 184 g/mol. The summed E-state index contributed by atoms with van der Waals surface area (Å²) in [5, 5.41) is 2.99. The molecule has 0 aromatic rings. The third-order valence-corrected chi connectivity index (χ3v) is 1.61. The first kappa shape index (κ1) is 11.7. The van der Waals surface area contributed by atoms with E-state index in [4.69, 9.17) is 0 Å². The molecule has 1 saturated heterocycles. The quantitative estimate of drug-likeness (QED) is 0.656. The first-order chi connectivity index (χ1) is 5.08. The van der Waals surface area contributed by atoms with E-state index in [0.717, 1.165) is 0 Å². The lowest BCUT2D eigenvalue weighted by atomic mass is 10.3. The van der Waals surface area contributed by atoms with Gasteiger partial charge in [-0.1, -0.05) is 7.43 Å². The molecular weight excluding hydrogens is 169 g/mol. The molecule has 0 amide bonds. The van der Waals surface area contributed by atoms with Gasteiger partial charge in [-0.2, -0.15) is 13.2 Å². The summed E-state index contributed by atoms with van der Waals surface area (Å²) in [6.07, 6.45) is -4.04.